The molecule has 1 aromatic carbocycles. The van der Waals surface area contributed by atoms with Gasteiger partial charge in [0, 0.05) is 55.6 Å². The van der Waals surface area contributed by atoms with Gasteiger partial charge in [-0.25, -0.2) is 4.98 Å². The highest BCUT2D eigenvalue weighted by Gasteiger charge is 2.52. The van der Waals surface area contributed by atoms with Gasteiger partial charge in [0.05, 0.1) is 0 Å². The highest BCUT2D eigenvalue weighted by atomic mass is 32.1. The van der Waals surface area contributed by atoms with E-state index in [2.05, 4.69) is 4.98 Å². The molecule has 0 radical (unpaired) electrons. The van der Waals surface area contributed by atoms with Crippen molar-refractivity contribution in [3.8, 4) is 10.4 Å². The van der Waals surface area contributed by atoms with E-state index in [1.165, 1.54) is 40.0 Å². The minimum absolute atomic E-state index is 0.302. The molecule has 2 aromatic heterocycles. The zero-order chi connectivity index (χ0) is 31.3. The van der Waals surface area contributed by atoms with Crippen molar-refractivity contribution in [1.82, 2.24) is 4.98 Å². The van der Waals surface area contributed by atoms with Crippen molar-refractivity contribution >= 4 is 35.2 Å². The Hall–Kier alpha value is -4.16. The number of esters is 4. The maximum atomic E-state index is 13.3. The van der Waals surface area contributed by atoms with E-state index < -0.39 is 60.3 Å². The van der Waals surface area contributed by atoms with Crippen LogP contribution in [-0.4, -0.2) is 59.9 Å². The van der Waals surface area contributed by atoms with Crippen LogP contribution < -0.4 is 0 Å². The van der Waals surface area contributed by atoms with Crippen molar-refractivity contribution in [2.75, 3.05) is 6.61 Å². The molecule has 4 rings (SSSR count). The Balaban J connectivity index is 1.70. The first-order valence-electron chi connectivity index (χ1n) is 13.5. The molecule has 1 aliphatic heterocycles. The maximum Gasteiger partial charge on any atom is 0.303 e. The van der Waals surface area contributed by atoms with Gasteiger partial charge >= 0.3 is 23.9 Å². The number of thiophene rings is 1. The molecule has 3 aromatic rings. The summed E-state index contributed by atoms with van der Waals surface area (Å²) >= 11 is 1.55. The lowest BCUT2D eigenvalue weighted by Gasteiger charge is -2.44. The van der Waals surface area contributed by atoms with E-state index in [4.69, 9.17) is 23.7 Å². The summed E-state index contributed by atoms with van der Waals surface area (Å²) in [7, 11) is 0. The number of benzene rings is 1. The highest BCUT2D eigenvalue weighted by molar-refractivity contribution is 7.15. The molecule has 10 nitrogen and oxygen atoms in total. The predicted molar refractivity (Wildman–Crippen MR) is 152 cm³/mol. The Labute approximate surface area is 252 Å². The topological polar surface area (TPSA) is 127 Å². The Kier molecular flexibility index (Phi) is 10.3. The number of rotatable bonds is 9. The van der Waals surface area contributed by atoms with Crippen LogP contribution in [0, 0.1) is 12.9 Å². The van der Waals surface area contributed by atoms with Crippen LogP contribution in [0.4, 0.5) is 4.39 Å². The third-order valence-corrected chi connectivity index (χ3v) is 7.87. The van der Waals surface area contributed by atoms with E-state index in [-0.39, 0.29) is 6.61 Å². The van der Waals surface area contributed by atoms with Crippen LogP contribution in [0.15, 0.2) is 48.7 Å². The summed E-state index contributed by atoms with van der Waals surface area (Å²) in [4.78, 5) is 53.8. The van der Waals surface area contributed by atoms with Crippen molar-refractivity contribution in [2.24, 2.45) is 0 Å². The first-order chi connectivity index (χ1) is 20.4. The van der Waals surface area contributed by atoms with Crippen molar-refractivity contribution in [3.63, 3.8) is 0 Å². The monoisotopic (exact) mass is 613 g/mol. The maximum absolute atomic E-state index is 13.3. The number of aromatic nitrogens is 1. The summed E-state index contributed by atoms with van der Waals surface area (Å²) in [6.07, 6.45) is -3.62. The van der Waals surface area contributed by atoms with E-state index in [1.807, 2.05) is 37.3 Å². The van der Waals surface area contributed by atoms with Gasteiger partial charge in [-0.05, 0) is 47.9 Å². The highest BCUT2D eigenvalue weighted by Crippen LogP contribution is 2.39. The van der Waals surface area contributed by atoms with E-state index >= 15 is 0 Å². The molecular formula is C31H32FNO9S. The van der Waals surface area contributed by atoms with Crippen molar-refractivity contribution in [2.45, 2.75) is 71.6 Å². The molecular weight excluding hydrogens is 581 g/mol. The van der Waals surface area contributed by atoms with Crippen LogP contribution in [0.3, 0.4) is 0 Å². The van der Waals surface area contributed by atoms with Crippen LogP contribution >= 0.6 is 11.3 Å². The normalized spacial score (nSPS) is 21.5. The summed E-state index contributed by atoms with van der Waals surface area (Å²) in [5.74, 6) is -3.18. The Morgan fingerprint density at radius 1 is 0.860 bits per heavy atom. The first kappa shape index (κ1) is 31.8. The summed E-state index contributed by atoms with van der Waals surface area (Å²) < 4.78 is 41.5. The number of pyridine rings is 1. The zero-order valence-electron chi connectivity index (χ0n) is 24.3. The molecule has 43 heavy (non-hydrogen) atoms. The minimum atomic E-state index is -1.25. The SMILES string of the molecule is CC(=O)OC[C@H]1O[C@@H](c2ccc(C)c(Cc3ccc(-c4ccc(F)nc4)s3)c2)[C@H](OC(C)=O)[C@@H](OC(C)=O)[C@@H]1OC(C)=O. The zero-order valence-corrected chi connectivity index (χ0v) is 25.1. The fourth-order valence-corrected chi connectivity index (χ4v) is 5.91. The average Bonchev–Trinajstić information content (AvgIpc) is 3.39. The quantitative estimate of drug-likeness (QED) is 0.191. The number of carbonyl (C=O) groups excluding carboxylic acids is 4. The average molecular weight is 614 g/mol. The number of nitrogens with zero attached hydrogens (tertiary/aromatic N) is 1. The second-order valence-corrected chi connectivity index (χ2v) is 11.3. The molecule has 3 heterocycles. The summed E-state index contributed by atoms with van der Waals surface area (Å²) in [5.41, 5.74) is 3.36. The number of hydrogen-bond acceptors (Lipinski definition) is 11. The molecule has 0 bridgehead atoms. The number of hydrogen-bond donors (Lipinski definition) is 0. The van der Waals surface area contributed by atoms with Crippen LogP contribution in [0.25, 0.3) is 10.4 Å². The number of halogens is 1. The standard InChI is InChI=1S/C31H32FNO9S/c1-16-6-7-21(12-23(16)13-24-9-10-26(43-24)22-8-11-27(32)33-14-22)28-30(40-19(4)36)31(41-20(5)37)29(39-18(3)35)25(42-28)15-38-17(2)34/h6-12,14,25,28-31H,13,15H2,1-5H3/t25-,28+,29-,30+,31+/m1/s1. The lowest BCUT2D eigenvalue weighted by molar-refractivity contribution is -0.254. The molecule has 0 aliphatic carbocycles. The first-order valence-corrected chi connectivity index (χ1v) is 14.3. The molecule has 1 saturated heterocycles. The Morgan fingerprint density at radius 2 is 1.53 bits per heavy atom. The number of aryl methyl sites for hydroxylation is 1. The molecule has 0 unspecified atom stereocenters. The van der Waals surface area contributed by atoms with Gasteiger partial charge in [0.15, 0.2) is 18.3 Å². The van der Waals surface area contributed by atoms with Gasteiger partial charge in [0.1, 0.15) is 18.8 Å². The predicted octanol–water partition coefficient (Wildman–Crippen LogP) is 4.65. The molecule has 0 N–H and O–H groups in total. The lowest BCUT2D eigenvalue weighted by atomic mass is 9.88. The second-order valence-electron chi connectivity index (χ2n) is 10.1. The molecule has 0 saturated carbocycles. The third-order valence-electron chi connectivity index (χ3n) is 6.73. The Morgan fingerprint density at radius 3 is 2.16 bits per heavy atom. The largest absolute Gasteiger partial charge is 0.463 e. The summed E-state index contributed by atoms with van der Waals surface area (Å²) in [6, 6.07) is 12.6. The minimum Gasteiger partial charge on any atom is -0.463 e. The van der Waals surface area contributed by atoms with Gasteiger partial charge in [-0.1, -0.05) is 18.2 Å². The van der Waals surface area contributed by atoms with Crippen molar-refractivity contribution < 1.29 is 47.3 Å². The lowest BCUT2D eigenvalue weighted by Crippen LogP contribution is -2.59. The molecule has 228 valence electrons. The molecule has 1 aliphatic rings. The van der Waals surface area contributed by atoms with E-state index in [1.54, 1.807) is 17.4 Å². The van der Waals surface area contributed by atoms with Gasteiger partial charge in [0.25, 0.3) is 0 Å². The molecule has 5 atom stereocenters. The van der Waals surface area contributed by atoms with E-state index in [0.29, 0.717) is 12.0 Å². The van der Waals surface area contributed by atoms with Gasteiger partial charge in [0.2, 0.25) is 5.95 Å². The molecule has 12 heteroatoms. The van der Waals surface area contributed by atoms with Crippen molar-refractivity contribution in [3.05, 3.63) is 76.2 Å². The van der Waals surface area contributed by atoms with Gasteiger partial charge < -0.3 is 23.7 Å². The number of ether oxygens (including phenoxy) is 5. The summed E-state index contributed by atoms with van der Waals surface area (Å²) in [6.45, 7) is 6.45. The number of carbonyl (C=O) groups is 4. The smallest absolute Gasteiger partial charge is 0.303 e. The molecule has 1 fully saturated rings. The van der Waals surface area contributed by atoms with E-state index in [9.17, 15) is 23.6 Å². The van der Waals surface area contributed by atoms with Crippen molar-refractivity contribution in [1.29, 1.82) is 0 Å². The fourth-order valence-electron chi connectivity index (χ4n) is 4.89. The van der Waals surface area contributed by atoms with Crippen LogP contribution in [0.5, 0.6) is 0 Å². The molecule has 0 spiro atoms. The second kappa shape index (κ2) is 13.9. The summed E-state index contributed by atoms with van der Waals surface area (Å²) in [5, 5.41) is 0. The van der Waals surface area contributed by atoms with Gasteiger partial charge in [-0.15, -0.1) is 11.3 Å². The Bertz CT molecular complexity index is 1490. The fraction of sp³-hybridized carbons (Fsp3) is 0.387. The van der Waals surface area contributed by atoms with Crippen LogP contribution in [0.1, 0.15) is 55.4 Å². The van der Waals surface area contributed by atoms with Crippen LogP contribution in [-0.2, 0) is 49.3 Å². The van der Waals surface area contributed by atoms with Crippen LogP contribution in [0.2, 0.25) is 0 Å². The van der Waals surface area contributed by atoms with Gasteiger partial charge in [-0.3, -0.25) is 19.2 Å². The van der Waals surface area contributed by atoms with Gasteiger partial charge in [-0.2, -0.15) is 4.39 Å². The third kappa shape index (κ3) is 8.23. The van der Waals surface area contributed by atoms with E-state index in [0.717, 1.165) is 26.4 Å². The molecule has 0 amide bonds.